The fourth-order valence-corrected chi connectivity index (χ4v) is 3.98. The highest BCUT2D eigenvalue weighted by molar-refractivity contribution is 7.99. The molecule has 3 rings (SSSR count). The number of aromatic nitrogens is 1. The molecule has 0 aliphatic heterocycles. The van der Waals surface area contributed by atoms with Gasteiger partial charge in [-0.2, -0.15) is 5.10 Å². The number of benzene rings is 1. The summed E-state index contributed by atoms with van der Waals surface area (Å²) in [6.45, 7) is 0. The summed E-state index contributed by atoms with van der Waals surface area (Å²) >= 11 is 1.30. The molecule has 1 aliphatic rings. The van der Waals surface area contributed by atoms with Gasteiger partial charge < -0.3 is 4.42 Å². The van der Waals surface area contributed by atoms with Crippen molar-refractivity contribution >= 4 is 34.5 Å². The number of oxazole rings is 1. The van der Waals surface area contributed by atoms with Gasteiger partial charge in [0.1, 0.15) is 5.52 Å². The van der Waals surface area contributed by atoms with Crippen LogP contribution in [0, 0.1) is 0 Å². The summed E-state index contributed by atoms with van der Waals surface area (Å²) in [6, 6.07) is 7.61. The molecule has 27 heavy (non-hydrogen) atoms. The van der Waals surface area contributed by atoms with Gasteiger partial charge in [0.15, 0.2) is 5.58 Å². The van der Waals surface area contributed by atoms with Gasteiger partial charge >= 0.3 is 0 Å². The molecule has 1 aromatic carbocycles. The van der Waals surface area contributed by atoms with Crippen molar-refractivity contribution in [1.82, 2.24) is 10.4 Å². The molecular weight excluding hydrogens is 358 g/mol. The number of nitrogens with one attached hydrogen (secondary N) is 1. The number of rotatable bonds is 4. The van der Waals surface area contributed by atoms with Crippen molar-refractivity contribution < 1.29 is 9.21 Å². The molecule has 2 aromatic rings. The van der Waals surface area contributed by atoms with Gasteiger partial charge in [-0.05, 0) is 37.8 Å². The van der Waals surface area contributed by atoms with Crippen LogP contribution >= 0.6 is 11.8 Å². The van der Waals surface area contributed by atoms with E-state index in [-0.39, 0.29) is 11.7 Å². The first-order chi connectivity index (χ1) is 13.3. The summed E-state index contributed by atoms with van der Waals surface area (Å²) < 4.78 is 5.63. The molecule has 1 aromatic heterocycles. The summed E-state index contributed by atoms with van der Waals surface area (Å²) in [5, 5.41) is 4.94. The van der Waals surface area contributed by atoms with Crippen molar-refractivity contribution in [3.63, 3.8) is 0 Å². The van der Waals surface area contributed by atoms with Crippen LogP contribution in [0.25, 0.3) is 11.1 Å². The fraction of sp³-hybridized carbons (Fsp3) is 0.571. The normalized spacial score (nSPS) is 17.1. The summed E-state index contributed by atoms with van der Waals surface area (Å²) in [6.07, 6.45) is 13.6. The van der Waals surface area contributed by atoms with Crippen LogP contribution in [0.4, 0.5) is 0 Å². The number of fused-ring (bicyclic) bond motifs is 1. The van der Waals surface area contributed by atoms with Crippen LogP contribution in [0.1, 0.15) is 70.6 Å². The Labute approximate surface area is 165 Å². The highest BCUT2D eigenvalue weighted by Gasteiger charge is 2.09. The minimum Gasteiger partial charge on any atom is -0.431 e. The molecule has 146 valence electrons. The molecule has 0 spiro atoms. The van der Waals surface area contributed by atoms with E-state index in [1.165, 1.54) is 69.5 Å². The zero-order valence-electron chi connectivity index (χ0n) is 15.9. The summed E-state index contributed by atoms with van der Waals surface area (Å²) in [4.78, 5) is 16.5. The van der Waals surface area contributed by atoms with Crippen molar-refractivity contribution in [3.8, 4) is 0 Å². The zero-order chi connectivity index (χ0) is 18.7. The SMILES string of the molecule is O=C(CSc1nc2ccccc2o1)NN=C1CCCCCCCCCCC1. The smallest absolute Gasteiger partial charge is 0.257 e. The van der Waals surface area contributed by atoms with Crippen LogP contribution in [0.3, 0.4) is 0 Å². The second-order valence-corrected chi connectivity index (χ2v) is 8.06. The van der Waals surface area contributed by atoms with Gasteiger partial charge in [0.25, 0.3) is 11.1 Å². The standard InChI is InChI=1S/C21H29N3O2S/c25-20(16-27-21-22-18-14-10-11-15-19(18)26-21)24-23-17-12-8-6-4-2-1-3-5-7-9-13-17/h10-11,14-15H,1-9,12-13,16H2,(H,24,25). The Morgan fingerprint density at radius 2 is 1.63 bits per heavy atom. The summed E-state index contributed by atoms with van der Waals surface area (Å²) in [5.41, 5.74) is 5.42. The fourth-order valence-electron chi connectivity index (χ4n) is 3.35. The maximum absolute atomic E-state index is 12.1. The quantitative estimate of drug-likeness (QED) is 0.540. The van der Waals surface area contributed by atoms with E-state index in [2.05, 4.69) is 15.5 Å². The van der Waals surface area contributed by atoms with Crippen LogP contribution in [0.5, 0.6) is 0 Å². The number of carbonyl (C=O) groups is 1. The van der Waals surface area contributed by atoms with Gasteiger partial charge in [-0.15, -0.1) is 0 Å². The lowest BCUT2D eigenvalue weighted by atomic mass is 10.00. The van der Waals surface area contributed by atoms with Gasteiger partial charge in [0.05, 0.1) is 5.75 Å². The Balaban J connectivity index is 1.46. The minimum atomic E-state index is -0.110. The minimum absolute atomic E-state index is 0.110. The van der Waals surface area contributed by atoms with E-state index in [1.54, 1.807) is 0 Å². The first kappa shape index (κ1) is 19.9. The predicted octanol–water partition coefficient (Wildman–Crippen LogP) is 5.70. The number of nitrogens with zero attached hydrogens (tertiary/aromatic N) is 2. The largest absolute Gasteiger partial charge is 0.431 e. The van der Waals surface area contributed by atoms with Crippen LogP contribution in [-0.4, -0.2) is 22.4 Å². The Bertz CT molecular complexity index is 710. The first-order valence-electron chi connectivity index (χ1n) is 10.1. The summed E-state index contributed by atoms with van der Waals surface area (Å²) in [7, 11) is 0. The average molecular weight is 388 g/mol. The van der Waals surface area contributed by atoms with E-state index < -0.39 is 0 Å². The van der Waals surface area contributed by atoms with E-state index in [9.17, 15) is 4.79 Å². The Hall–Kier alpha value is -1.82. The predicted molar refractivity (Wildman–Crippen MR) is 111 cm³/mol. The molecule has 1 saturated carbocycles. The lowest BCUT2D eigenvalue weighted by molar-refractivity contribution is -0.118. The molecule has 0 unspecified atom stereocenters. The van der Waals surface area contributed by atoms with Crippen molar-refractivity contribution in [2.75, 3.05) is 5.75 Å². The molecule has 0 bridgehead atoms. The highest BCUT2D eigenvalue weighted by atomic mass is 32.2. The molecule has 1 amide bonds. The number of hydrogen-bond acceptors (Lipinski definition) is 5. The number of para-hydroxylation sites is 2. The first-order valence-corrected chi connectivity index (χ1v) is 11.1. The van der Waals surface area contributed by atoms with E-state index in [1.807, 2.05) is 24.3 Å². The van der Waals surface area contributed by atoms with Gasteiger partial charge in [-0.1, -0.05) is 68.8 Å². The molecule has 0 radical (unpaired) electrons. The Kier molecular flexibility index (Phi) is 8.21. The topological polar surface area (TPSA) is 67.5 Å². The van der Waals surface area contributed by atoms with Gasteiger partial charge in [0, 0.05) is 5.71 Å². The van der Waals surface area contributed by atoms with Crippen molar-refractivity contribution in [2.45, 2.75) is 75.9 Å². The van der Waals surface area contributed by atoms with Crippen LogP contribution in [0.15, 0.2) is 39.0 Å². The van der Waals surface area contributed by atoms with Crippen molar-refractivity contribution in [1.29, 1.82) is 0 Å². The molecule has 1 aliphatic carbocycles. The molecule has 6 heteroatoms. The monoisotopic (exact) mass is 387 g/mol. The summed E-state index contributed by atoms with van der Waals surface area (Å²) in [5.74, 6) is 0.143. The third-order valence-corrected chi connectivity index (χ3v) is 5.70. The number of hydrogen-bond donors (Lipinski definition) is 1. The average Bonchev–Trinajstić information content (AvgIpc) is 3.09. The molecule has 0 saturated heterocycles. The lowest BCUT2D eigenvalue weighted by Crippen LogP contribution is -2.21. The Morgan fingerprint density at radius 3 is 2.30 bits per heavy atom. The molecule has 1 fully saturated rings. The molecule has 0 atom stereocenters. The van der Waals surface area contributed by atoms with E-state index in [4.69, 9.17) is 4.42 Å². The molecular formula is C21H29N3O2S. The van der Waals surface area contributed by atoms with Gasteiger partial charge in [0.2, 0.25) is 0 Å². The molecule has 5 nitrogen and oxygen atoms in total. The number of thioether (sulfide) groups is 1. The second kappa shape index (κ2) is 11.1. The maximum Gasteiger partial charge on any atom is 0.257 e. The van der Waals surface area contributed by atoms with Crippen LogP contribution in [-0.2, 0) is 4.79 Å². The third-order valence-electron chi connectivity index (χ3n) is 4.87. The van der Waals surface area contributed by atoms with Gasteiger partial charge in [-0.3, -0.25) is 4.79 Å². The number of hydrazone groups is 1. The third kappa shape index (κ3) is 7.01. The van der Waals surface area contributed by atoms with E-state index in [0.29, 0.717) is 5.22 Å². The molecule has 1 N–H and O–H groups in total. The van der Waals surface area contributed by atoms with Crippen molar-refractivity contribution in [3.05, 3.63) is 24.3 Å². The number of carbonyl (C=O) groups excluding carboxylic acids is 1. The van der Waals surface area contributed by atoms with E-state index in [0.717, 1.165) is 29.7 Å². The maximum atomic E-state index is 12.1. The molecule has 1 heterocycles. The van der Waals surface area contributed by atoms with Crippen LogP contribution < -0.4 is 5.43 Å². The van der Waals surface area contributed by atoms with Crippen LogP contribution in [0.2, 0.25) is 0 Å². The Morgan fingerprint density at radius 1 is 1.00 bits per heavy atom. The lowest BCUT2D eigenvalue weighted by Gasteiger charge is -2.09. The highest BCUT2D eigenvalue weighted by Crippen LogP contribution is 2.22. The second-order valence-electron chi connectivity index (χ2n) is 7.13. The number of amides is 1. The van der Waals surface area contributed by atoms with E-state index >= 15 is 0 Å². The van der Waals surface area contributed by atoms with Gasteiger partial charge in [-0.25, -0.2) is 10.4 Å². The zero-order valence-corrected chi connectivity index (χ0v) is 16.7. The van der Waals surface area contributed by atoms with Crippen molar-refractivity contribution in [2.24, 2.45) is 5.10 Å².